The summed E-state index contributed by atoms with van der Waals surface area (Å²) in [5.74, 6) is 0.924. The van der Waals surface area contributed by atoms with Crippen LogP contribution in [0.1, 0.15) is 16.9 Å². The first-order valence-electron chi connectivity index (χ1n) is 12.1. The molecule has 3 N–H and O–H groups in total. The number of hydrogen-bond donors (Lipinski definition) is 3. The Bertz CT molecular complexity index is 1570. The molecular weight excluding hydrogens is 492 g/mol. The number of hydrogen-bond acceptors (Lipinski definition) is 6. The number of anilines is 2. The van der Waals surface area contributed by atoms with E-state index in [0.717, 1.165) is 33.3 Å². The SMILES string of the molecule is O=C(c1cc2ccc(-c3nccc(Nc4ccc(-c5cn[nH]c5)cc4)n3)cc2[nH]1)N1CCC(OC(F)F)C1. The predicted molar refractivity (Wildman–Crippen MR) is 138 cm³/mol. The maximum atomic E-state index is 12.9. The summed E-state index contributed by atoms with van der Waals surface area (Å²) in [5.41, 5.74) is 4.87. The predicted octanol–water partition coefficient (Wildman–Crippen LogP) is 5.21. The molecule has 192 valence electrons. The summed E-state index contributed by atoms with van der Waals surface area (Å²) in [6.45, 7) is -2.33. The van der Waals surface area contributed by atoms with Crippen molar-refractivity contribution in [2.45, 2.75) is 19.1 Å². The van der Waals surface area contributed by atoms with E-state index in [1.54, 1.807) is 24.5 Å². The number of benzene rings is 2. The van der Waals surface area contributed by atoms with Gasteiger partial charge >= 0.3 is 6.61 Å². The third kappa shape index (κ3) is 4.96. The quantitative estimate of drug-likeness (QED) is 0.274. The van der Waals surface area contributed by atoms with Crippen molar-refractivity contribution in [2.75, 3.05) is 18.4 Å². The van der Waals surface area contributed by atoms with Crippen molar-refractivity contribution in [3.63, 3.8) is 0 Å². The first kappa shape index (κ1) is 23.7. The topological polar surface area (TPSA) is 112 Å². The van der Waals surface area contributed by atoms with Gasteiger partial charge < -0.3 is 19.9 Å². The minimum absolute atomic E-state index is 0.142. The van der Waals surface area contributed by atoms with Gasteiger partial charge in [-0.05, 0) is 42.3 Å². The lowest BCUT2D eigenvalue weighted by Crippen LogP contribution is -2.30. The molecule has 0 bridgehead atoms. The van der Waals surface area contributed by atoms with Gasteiger partial charge in [-0.3, -0.25) is 9.89 Å². The van der Waals surface area contributed by atoms with Crippen molar-refractivity contribution < 1.29 is 18.3 Å². The molecule has 0 saturated carbocycles. The van der Waals surface area contributed by atoms with E-state index in [0.29, 0.717) is 30.3 Å². The molecule has 3 aromatic heterocycles. The van der Waals surface area contributed by atoms with Crippen LogP contribution >= 0.6 is 0 Å². The summed E-state index contributed by atoms with van der Waals surface area (Å²) < 4.78 is 29.6. The minimum atomic E-state index is -2.84. The Morgan fingerprint density at radius 3 is 2.71 bits per heavy atom. The van der Waals surface area contributed by atoms with Gasteiger partial charge in [0.25, 0.3) is 5.91 Å². The van der Waals surface area contributed by atoms with Crippen molar-refractivity contribution in [1.29, 1.82) is 0 Å². The number of aromatic nitrogens is 5. The molecular formula is C27H23F2N7O2. The maximum Gasteiger partial charge on any atom is 0.345 e. The molecule has 1 saturated heterocycles. The molecule has 38 heavy (non-hydrogen) atoms. The lowest BCUT2D eigenvalue weighted by Gasteiger charge is -2.15. The van der Waals surface area contributed by atoms with Crippen LogP contribution in [-0.4, -0.2) is 61.8 Å². The van der Waals surface area contributed by atoms with E-state index >= 15 is 0 Å². The van der Waals surface area contributed by atoms with E-state index in [1.165, 1.54) is 4.90 Å². The average Bonchev–Trinajstić information content (AvgIpc) is 3.69. The Morgan fingerprint density at radius 2 is 1.92 bits per heavy atom. The van der Waals surface area contributed by atoms with Crippen LogP contribution in [0.5, 0.6) is 0 Å². The second-order valence-corrected chi connectivity index (χ2v) is 9.00. The average molecular weight is 516 g/mol. The van der Waals surface area contributed by atoms with Gasteiger partial charge in [-0.15, -0.1) is 0 Å². The number of carbonyl (C=O) groups excluding carboxylic acids is 1. The van der Waals surface area contributed by atoms with Crippen LogP contribution in [0.25, 0.3) is 33.4 Å². The smallest absolute Gasteiger partial charge is 0.345 e. The van der Waals surface area contributed by atoms with Gasteiger partial charge in [-0.2, -0.15) is 13.9 Å². The molecule has 1 unspecified atom stereocenters. The Hall–Kier alpha value is -4.64. The third-order valence-corrected chi connectivity index (χ3v) is 6.48. The van der Waals surface area contributed by atoms with Crippen LogP contribution in [0.2, 0.25) is 0 Å². The number of fused-ring (bicyclic) bond motifs is 1. The zero-order valence-electron chi connectivity index (χ0n) is 20.1. The number of likely N-dealkylation sites (tertiary alicyclic amines) is 1. The van der Waals surface area contributed by atoms with Crippen LogP contribution in [0.3, 0.4) is 0 Å². The maximum absolute atomic E-state index is 12.9. The van der Waals surface area contributed by atoms with Crippen molar-refractivity contribution in [2.24, 2.45) is 0 Å². The monoisotopic (exact) mass is 515 g/mol. The lowest BCUT2D eigenvalue weighted by atomic mass is 10.1. The van der Waals surface area contributed by atoms with E-state index in [9.17, 15) is 13.6 Å². The molecule has 0 spiro atoms. The van der Waals surface area contributed by atoms with Crippen molar-refractivity contribution in [3.8, 4) is 22.5 Å². The van der Waals surface area contributed by atoms with E-state index < -0.39 is 12.7 Å². The Morgan fingerprint density at radius 1 is 1.08 bits per heavy atom. The van der Waals surface area contributed by atoms with Gasteiger partial charge in [0.15, 0.2) is 5.82 Å². The molecule has 1 aliphatic heterocycles. The van der Waals surface area contributed by atoms with Gasteiger partial charge in [-0.25, -0.2) is 9.97 Å². The highest BCUT2D eigenvalue weighted by Gasteiger charge is 2.30. The number of aromatic amines is 2. The molecule has 1 fully saturated rings. The van der Waals surface area contributed by atoms with Gasteiger partial charge in [-0.1, -0.05) is 24.3 Å². The fourth-order valence-corrected chi connectivity index (χ4v) is 4.59. The van der Waals surface area contributed by atoms with Gasteiger partial charge in [0.2, 0.25) is 0 Å². The van der Waals surface area contributed by atoms with Crippen molar-refractivity contribution >= 4 is 28.3 Å². The molecule has 0 aliphatic carbocycles. The Kier molecular flexibility index (Phi) is 6.26. The highest BCUT2D eigenvalue weighted by atomic mass is 19.3. The molecule has 1 aliphatic rings. The molecule has 9 nitrogen and oxygen atoms in total. The van der Waals surface area contributed by atoms with Gasteiger partial charge in [0, 0.05) is 53.2 Å². The van der Waals surface area contributed by atoms with E-state index in [1.807, 2.05) is 48.7 Å². The number of rotatable bonds is 7. The lowest BCUT2D eigenvalue weighted by molar-refractivity contribution is -0.158. The van der Waals surface area contributed by atoms with E-state index in [-0.39, 0.29) is 12.5 Å². The summed E-state index contributed by atoms with van der Waals surface area (Å²) in [4.78, 5) is 26.7. The number of halogens is 2. The van der Waals surface area contributed by atoms with Crippen LogP contribution in [-0.2, 0) is 4.74 Å². The van der Waals surface area contributed by atoms with Crippen LogP contribution in [0.15, 0.2) is 73.2 Å². The zero-order valence-corrected chi connectivity index (χ0v) is 20.1. The van der Waals surface area contributed by atoms with E-state index in [4.69, 9.17) is 0 Å². The normalized spacial score (nSPS) is 15.4. The number of nitrogens with zero attached hydrogens (tertiary/aromatic N) is 4. The second-order valence-electron chi connectivity index (χ2n) is 9.00. The fraction of sp³-hybridized carbons (Fsp3) is 0.185. The molecule has 0 radical (unpaired) electrons. The third-order valence-electron chi connectivity index (χ3n) is 6.48. The fourth-order valence-electron chi connectivity index (χ4n) is 4.59. The highest BCUT2D eigenvalue weighted by molar-refractivity contribution is 5.98. The summed E-state index contributed by atoms with van der Waals surface area (Å²) >= 11 is 0. The minimum Gasteiger partial charge on any atom is -0.351 e. The molecule has 4 heterocycles. The first-order chi connectivity index (χ1) is 18.5. The number of amides is 1. The van der Waals surface area contributed by atoms with Gasteiger partial charge in [0.05, 0.1) is 12.3 Å². The standard InChI is InChI=1S/C27H23F2N7O2/c28-27(29)38-21-8-10-36(15-21)26(37)23-11-17-1-2-18(12-22(17)34-23)25-30-9-7-24(35-25)33-20-5-3-16(4-6-20)19-13-31-32-14-19/h1-7,9,11-14,21,27,34H,8,10,15H2,(H,31,32)(H,30,33,35). The Balaban J connectivity index is 1.17. The van der Waals surface area contributed by atoms with Crippen LogP contribution < -0.4 is 5.32 Å². The molecule has 5 aromatic rings. The second kappa shape index (κ2) is 10.0. The largest absolute Gasteiger partial charge is 0.351 e. The van der Waals surface area contributed by atoms with Crippen molar-refractivity contribution in [3.05, 3.63) is 78.9 Å². The molecule has 1 amide bonds. The van der Waals surface area contributed by atoms with Crippen LogP contribution in [0.4, 0.5) is 20.3 Å². The zero-order chi connectivity index (χ0) is 26.1. The summed E-state index contributed by atoms with van der Waals surface area (Å²) in [7, 11) is 0. The molecule has 1 atom stereocenters. The highest BCUT2D eigenvalue weighted by Crippen LogP contribution is 2.26. The molecule has 2 aromatic carbocycles. The van der Waals surface area contributed by atoms with Crippen molar-refractivity contribution in [1.82, 2.24) is 30.0 Å². The number of ether oxygens (including phenoxy) is 1. The number of carbonyl (C=O) groups is 1. The summed E-state index contributed by atoms with van der Waals surface area (Å²) in [6, 6.07) is 17.2. The van der Waals surface area contributed by atoms with Crippen LogP contribution in [0, 0.1) is 0 Å². The molecule has 11 heteroatoms. The number of nitrogens with one attached hydrogen (secondary N) is 3. The first-order valence-corrected chi connectivity index (χ1v) is 12.1. The van der Waals surface area contributed by atoms with Gasteiger partial charge in [0.1, 0.15) is 11.5 Å². The number of H-pyrrole nitrogens is 2. The Labute approximate surface area is 215 Å². The van der Waals surface area contributed by atoms with E-state index in [2.05, 4.69) is 35.2 Å². The molecule has 6 rings (SSSR count). The summed E-state index contributed by atoms with van der Waals surface area (Å²) in [5, 5.41) is 10.9. The number of alkyl halides is 2. The summed E-state index contributed by atoms with van der Waals surface area (Å²) in [6.07, 6.45) is 5.03.